The lowest BCUT2D eigenvalue weighted by Crippen LogP contribution is -2.48. The minimum Gasteiger partial charge on any atom is -0.496 e. The van der Waals surface area contributed by atoms with Gasteiger partial charge in [0.1, 0.15) is 5.75 Å². The lowest BCUT2D eigenvalue weighted by molar-refractivity contribution is -0.212. The number of benzene rings is 1. The molecule has 1 N–H and O–H groups in total. The van der Waals surface area contributed by atoms with E-state index in [4.69, 9.17) is 9.47 Å². The molecule has 1 atom stereocenters. The summed E-state index contributed by atoms with van der Waals surface area (Å²) < 4.78 is 40.8. The molecule has 1 aliphatic carbocycles. The SMILES string of the molecule is CCC1CCC(OCC(O)(c2cc(C)c(N=CN(C)CC)cc2OC)C(C)(F)F)CC1. The van der Waals surface area contributed by atoms with Crippen molar-refractivity contribution in [1.82, 2.24) is 4.90 Å². The van der Waals surface area contributed by atoms with E-state index in [-0.39, 0.29) is 17.4 Å². The van der Waals surface area contributed by atoms with E-state index in [0.717, 1.165) is 45.6 Å². The highest BCUT2D eigenvalue weighted by Crippen LogP contribution is 2.44. The first kappa shape index (κ1) is 25.5. The summed E-state index contributed by atoms with van der Waals surface area (Å²) in [6.07, 6.45) is 6.42. The van der Waals surface area contributed by atoms with Gasteiger partial charge >= 0.3 is 0 Å². The van der Waals surface area contributed by atoms with Gasteiger partial charge in [-0.2, -0.15) is 0 Å². The van der Waals surface area contributed by atoms with Crippen LogP contribution < -0.4 is 4.74 Å². The molecule has 1 aromatic carbocycles. The molecule has 2 rings (SSSR count). The summed E-state index contributed by atoms with van der Waals surface area (Å²) >= 11 is 0. The Morgan fingerprint density at radius 2 is 1.87 bits per heavy atom. The van der Waals surface area contributed by atoms with Gasteiger partial charge in [0.2, 0.25) is 0 Å². The van der Waals surface area contributed by atoms with E-state index in [9.17, 15) is 13.9 Å². The van der Waals surface area contributed by atoms with Crippen LogP contribution in [0.2, 0.25) is 0 Å². The van der Waals surface area contributed by atoms with Crippen molar-refractivity contribution >= 4 is 12.0 Å². The lowest BCUT2D eigenvalue weighted by atomic mass is 9.84. The molecule has 0 radical (unpaired) electrons. The Morgan fingerprint density at radius 1 is 1.23 bits per heavy atom. The number of aliphatic hydroxyl groups is 1. The number of aryl methyl sites for hydroxylation is 1. The Balaban J connectivity index is 2.32. The smallest absolute Gasteiger partial charge is 0.280 e. The van der Waals surface area contributed by atoms with Crippen molar-refractivity contribution in [3.05, 3.63) is 23.3 Å². The van der Waals surface area contributed by atoms with Gasteiger partial charge in [-0.1, -0.05) is 13.3 Å². The van der Waals surface area contributed by atoms with E-state index in [0.29, 0.717) is 17.2 Å². The van der Waals surface area contributed by atoms with Crippen LogP contribution in [0.1, 0.15) is 64.0 Å². The minimum absolute atomic E-state index is 0.0186. The fourth-order valence-electron chi connectivity index (χ4n) is 3.94. The molecule has 5 nitrogen and oxygen atoms in total. The Bertz CT molecular complexity index is 743. The topological polar surface area (TPSA) is 54.3 Å². The van der Waals surface area contributed by atoms with Gasteiger partial charge in [-0.15, -0.1) is 0 Å². The van der Waals surface area contributed by atoms with Gasteiger partial charge in [-0.25, -0.2) is 13.8 Å². The van der Waals surface area contributed by atoms with Crippen molar-refractivity contribution in [2.75, 3.05) is 27.3 Å². The third-order valence-electron chi connectivity index (χ3n) is 6.48. The number of alkyl halides is 2. The summed E-state index contributed by atoms with van der Waals surface area (Å²) in [4.78, 5) is 6.33. The second-order valence-corrected chi connectivity index (χ2v) is 8.77. The van der Waals surface area contributed by atoms with Crippen molar-refractivity contribution in [3.63, 3.8) is 0 Å². The number of ether oxygens (including phenoxy) is 2. The van der Waals surface area contributed by atoms with Crippen LogP contribution in [0.5, 0.6) is 5.75 Å². The normalized spacial score (nSPS) is 21.8. The summed E-state index contributed by atoms with van der Waals surface area (Å²) in [5, 5.41) is 11.2. The van der Waals surface area contributed by atoms with Gasteiger partial charge < -0.3 is 19.5 Å². The van der Waals surface area contributed by atoms with Gasteiger partial charge in [0.15, 0.2) is 5.60 Å². The lowest BCUT2D eigenvalue weighted by Gasteiger charge is -2.37. The first-order chi connectivity index (χ1) is 14.6. The summed E-state index contributed by atoms with van der Waals surface area (Å²) in [6, 6.07) is 3.13. The molecule has 176 valence electrons. The number of aliphatic imine (C=N–C) groups is 1. The number of methoxy groups -OCH3 is 1. The van der Waals surface area contributed by atoms with E-state index in [2.05, 4.69) is 11.9 Å². The van der Waals surface area contributed by atoms with Crippen LogP contribution >= 0.6 is 0 Å². The Morgan fingerprint density at radius 3 is 2.39 bits per heavy atom. The first-order valence-electron chi connectivity index (χ1n) is 11.2. The highest BCUT2D eigenvalue weighted by molar-refractivity contribution is 5.65. The number of hydrogen-bond donors (Lipinski definition) is 1. The van der Waals surface area contributed by atoms with Crippen LogP contribution in [0.15, 0.2) is 17.1 Å². The van der Waals surface area contributed by atoms with Crippen molar-refractivity contribution in [3.8, 4) is 5.75 Å². The molecule has 0 aliphatic heterocycles. The number of rotatable bonds is 10. The molecule has 0 saturated heterocycles. The van der Waals surface area contributed by atoms with Gasteiger partial charge in [-0.05, 0) is 57.1 Å². The standard InChI is InChI=1S/C24H38F2N2O3/c1-7-18-9-11-19(12-10-18)31-15-24(29,23(4,25)26)20-13-17(3)21(14-22(20)30-6)27-16-28(5)8-2/h13-14,16,18-19,29H,7-12,15H2,1-6H3. The van der Waals surface area contributed by atoms with E-state index in [1.54, 1.807) is 19.3 Å². The molecule has 1 aliphatic rings. The fraction of sp³-hybridized carbons (Fsp3) is 0.708. The Kier molecular flexibility index (Phi) is 8.83. The maximum absolute atomic E-state index is 14.8. The van der Waals surface area contributed by atoms with Crippen LogP contribution in [0, 0.1) is 12.8 Å². The molecule has 1 unspecified atom stereocenters. The molecule has 0 spiro atoms. The Labute approximate surface area is 185 Å². The highest BCUT2D eigenvalue weighted by Gasteiger charge is 2.52. The van der Waals surface area contributed by atoms with E-state index >= 15 is 0 Å². The zero-order valence-electron chi connectivity index (χ0n) is 19.8. The number of hydrogen-bond acceptors (Lipinski definition) is 4. The van der Waals surface area contributed by atoms with Crippen LogP contribution in [-0.4, -0.2) is 55.7 Å². The number of halogens is 2. The molecule has 0 bridgehead atoms. The summed E-state index contributed by atoms with van der Waals surface area (Å²) in [7, 11) is 3.30. The third kappa shape index (κ3) is 6.16. The highest BCUT2D eigenvalue weighted by atomic mass is 19.3. The van der Waals surface area contributed by atoms with Crippen LogP contribution in [-0.2, 0) is 10.3 Å². The second kappa shape index (κ2) is 10.7. The molecule has 1 aromatic rings. The molecule has 0 aromatic heterocycles. The summed E-state index contributed by atoms with van der Waals surface area (Å²) in [5.74, 6) is -2.59. The maximum atomic E-state index is 14.8. The van der Waals surface area contributed by atoms with Crippen LogP contribution in [0.25, 0.3) is 0 Å². The average Bonchev–Trinajstić information content (AvgIpc) is 2.75. The maximum Gasteiger partial charge on any atom is 0.280 e. The van der Waals surface area contributed by atoms with E-state index < -0.39 is 18.1 Å². The average molecular weight is 441 g/mol. The quantitative estimate of drug-likeness (QED) is 0.389. The van der Waals surface area contributed by atoms with Gasteiger partial charge in [0.25, 0.3) is 5.92 Å². The van der Waals surface area contributed by atoms with Crippen molar-refractivity contribution in [2.24, 2.45) is 10.9 Å². The predicted molar refractivity (Wildman–Crippen MR) is 121 cm³/mol. The fourth-order valence-corrected chi connectivity index (χ4v) is 3.94. The van der Waals surface area contributed by atoms with Crippen LogP contribution in [0.4, 0.5) is 14.5 Å². The molecule has 0 heterocycles. The summed E-state index contributed by atoms with van der Waals surface area (Å²) in [5.41, 5.74) is -1.22. The zero-order valence-corrected chi connectivity index (χ0v) is 19.8. The van der Waals surface area contributed by atoms with E-state index in [1.165, 1.54) is 13.2 Å². The van der Waals surface area contributed by atoms with Crippen molar-refractivity contribution in [1.29, 1.82) is 0 Å². The zero-order chi connectivity index (χ0) is 23.2. The Hall–Kier alpha value is -1.73. The molecule has 1 saturated carbocycles. The molecular formula is C24H38F2N2O3. The largest absolute Gasteiger partial charge is 0.496 e. The van der Waals surface area contributed by atoms with Gasteiger partial charge in [0.05, 0.1) is 31.8 Å². The van der Waals surface area contributed by atoms with Crippen molar-refractivity contribution < 1.29 is 23.4 Å². The molecule has 31 heavy (non-hydrogen) atoms. The third-order valence-corrected chi connectivity index (χ3v) is 6.48. The van der Waals surface area contributed by atoms with Gasteiger partial charge in [0, 0.05) is 32.1 Å². The van der Waals surface area contributed by atoms with Gasteiger partial charge in [-0.3, -0.25) is 0 Å². The summed E-state index contributed by atoms with van der Waals surface area (Å²) in [6.45, 7) is 6.97. The first-order valence-corrected chi connectivity index (χ1v) is 11.2. The molecular weight excluding hydrogens is 402 g/mol. The number of nitrogens with zero attached hydrogens (tertiary/aromatic N) is 2. The molecule has 1 fully saturated rings. The van der Waals surface area contributed by atoms with E-state index in [1.807, 2.05) is 18.9 Å². The monoisotopic (exact) mass is 440 g/mol. The minimum atomic E-state index is -3.43. The second-order valence-electron chi connectivity index (χ2n) is 8.77. The predicted octanol–water partition coefficient (Wildman–Crippen LogP) is 5.44. The molecule has 0 amide bonds. The van der Waals surface area contributed by atoms with Crippen molar-refractivity contribution in [2.45, 2.75) is 77.4 Å². The van der Waals surface area contributed by atoms with Crippen LogP contribution in [0.3, 0.4) is 0 Å². The molecule has 7 heteroatoms.